The summed E-state index contributed by atoms with van der Waals surface area (Å²) in [6.07, 6.45) is 5.91. The number of aromatic nitrogens is 3. The van der Waals surface area contributed by atoms with Crippen LogP contribution in [0.15, 0.2) is 41.5 Å². The standard InChI is InChI=1S/C25H27N5O5S/c1-3-4-5-22-26-11-20(28(22)12-17-6-8-18(9-7-17)24(33)34)10-21-23(32)30(15-31)25(35)29(21)13-19-14-36-16(2)27-19/h6-11,14,31H,3-5,12-13,15H2,1-2H3,(H,33,34)/b21-10-. The van der Waals surface area contributed by atoms with Gasteiger partial charge in [0.25, 0.3) is 5.91 Å². The van der Waals surface area contributed by atoms with Gasteiger partial charge in [-0.25, -0.2) is 24.5 Å². The van der Waals surface area contributed by atoms with E-state index in [1.807, 2.05) is 16.9 Å². The lowest BCUT2D eigenvalue weighted by Gasteiger charge is -2.16. The van der Waals surface area contributed by atoms with Crippen molar-refractivity contribution in [2.24, 2.45) is 0 Å². The lowest BCUT2D eigenvalue weighted by molar-refractivity contribution is -0.125. The molecule has 3 amide bonds. The van der Waals surface area contributed by atoms with E-state index in [1.165, 1.54) is 16.2 Å². The van der Waals surface area contributed by atoms with Crippen molar-refractivity contribution in [2.75, 3.05) is 6.73 Å². The Morgan fingerprint density at radius 2 is 1.89 bits per heavy atom. The smallest absolute Gasteiger partial charge is 0.335 e. The van der Waals surface area contributed by atoms with E-state index in [2.05, 4.69) is 16.9 Å². The van der Waals surface area contributed by atoms with E-state index in [-0.39, 0.29) is 17.8 Å². The molecule has 3 heterocycles. The first kappa shape index (κ1) is 25.3. The van der Waals surface area contributed by atoms with Crippen LogP contribution in [0.3, 0.4) is 0 Å². The number of imidazole rings is 1. The van der Waals surface area contributed by atoms with Gasteiger partial charge in [-0.2, -0.15) is 0 Å². The number of hydrogen-bond acceptors (Lipinski definition) is 7. The van der Waals surface area contributed by atoms with Gasteiger partial charge in [-0.1, -0.05) is 25.5 Å². The largest absolute Gasteiger partial charge is 0.478 e. The molecule has 3 aromatic rings. The summed E-state index contributed by atoms with van der Waals surface area (Å²) in [5.41, 5.74) is 2.48. The number of benzene rings is 1. The molecule has 11 heteroatoms. The Kier molecular flexibility index (Phi) is 7.61. The summed E-state index contributed by atoms with van der Waals surface area (Å²) in [4.78, 5) is 48.2. The maximum absolute atomic E-state index is 13.0. The van der Waals surface area contributed by atoms with Crippen molar-refractivity contribution in [3.8, 4) is 0 Å². The highest BCUT2D eigenvalue weighted by Crippen LogP contribution is 2.27. The zero-order valence-corrected chi connectivity index (χ0v) is 20.9. The van der Waals surface area contributed by atoms with Crippen molar-refractivity contribution in [3.63, 3.8) is 0 Å². The predicted molar refractivity (Wildman–Crippen MR) is 133 cm³/mol. The number of rotatable bonds is 10. The number of urea groups is 1. The molecule has 188 valence electrons. The Hall–Kier alpha value is -3.83. The number of aryl methyl sites for hydroxylation is 2. The molecule has 0 spiro atoms. The van der Waals surface area contributed by atoms with E-state index >= 15 is 0 Å². The highest BCUT2D eigenvalue weighted by Gasteiger charge is 2.41. The highest BCUT2D eigenvalue weighted by molar-refractivity contribution is 7.09. The monoisotopic (exact) mass is 509 g/mol. The number of aliphatic hydroxyl groups is 1. The van der Waals surface area contributed by atoms with Gasteiger partial charge in [-0.15, -0.1) is 11.3 Å². The molecule has 0 bridgehead atoms. The summed E-state index contributed by atoms with van der Waals surface area (Å²) >= 11 is 1.45. The first-order valence-electron chi connectivity index (χ1n) is 11.6. The summed E-state index contributed by atoms with van der Waals surface area (Å²) in [6, 6.07) is 5.99. The summed E-state index contributed by atoms with van der Waals surface area (Å²) in [7, 11) is 0. The molecule has 1 saturated heterocycles. The molecule has 1 aliphatic heterocycles. The third kappa shape index (κ3) is 5.21. The van der Waals surface area contributed by atoms with E-state index in [9.17, 15) is 24.6 Å². The molecular weight excluding hydrogens is 482 g/mol. The fourth-order valence-corrected chi connectivity index (χ4v) is 4.59. The van der Waals surface area contributed by atoms with E-state index in [0.717, 1.165) is 40.6 Å². The van der Waals surface area contributed by atoms with Gasteiger partial charge in [0, 0.05) is 18.3 Å². The third-order valence-corrected chi connectivity index (χ3v) is 6.72. The molecule has 1 aromatic carbocycles. The number of carboxylic acids is 1. The zero-order chi connectivity index (χ0) is 25.8. The van der Waals surface area contributed by atoms with Crippen LogP contribution in [0.2, 0.25) is 0 Å². The van der Waals surface area contributed by atoms with E-state index in [1.54, 1.807) is 36.5 Å². The molecule has 0 radical (unpaired) electrons. The second-order valence-electron chi connectivity index (χ2n) is 8.42. The SMILES string of the molecule is CCCCc1ncc(/C=C2/C(=O)N(CO)C(=O)N2Cc2csc(C)n2)n1Cc1ccc(C(=O)O)cc1. The number of carbonyl (C=O) groups is 3. The van der Waals surface area contributed by atoms with Gasteiger partial charge in [0.15, 0.2) is 0 Å². The van der Waals surface area contributed by atoms with Crippen molar-refractivity contribution in [2.45, 2.75) is 46.2 Å². The van der Waals surface area contributed by atoms with Gasteiger partial charge >= 0.3 is 12.0 Å². The average molecular weight is 510 g/mol. The van der Waals surface area contributed by atoms with Crippen LogP contribution in [-0.2, 0) is 24.3 Å². The Morgan fingerprint density at radius 1 is 1.14 bits per heavy atom. The van der Waals surface area contributed by atoms with Gasteiger partial charge in [0.05, 0.1) is 34.7 Å². The third-order valence-electron chi connectivity index (χ3n) is 5.89. The maximum atomic E-state index is 13.0. The zero-order valence-electron chi connectivity index (χ0n) is 20.0. The predicted octanol–water partition coefficient (Wildman–Crippen LogP) is 3.49. The van der Waals surface area contributed by atoms with Gasteiger partial charge in [-0.3, -0.25) is 9.69 Å². The molecule has 0 saturated carbocycles. The number of imide groups is 1. The number of nitrogens with zero attached hydrogens (tertiary/aromatic N) is 5. The summed E-state index contributed by atoms with van der Waals surface area (Å²) < 4.78 is 1.96. The fourth-order valence-electron chi connectivity index (χ4n) is 3.99. The Morgan fingerprint density at radius 3 is 2.50 bits per heavy atom. The molecule has 10 nitrogen and oxygen atoms in total. The molecular formula is C25H27N5O5S. The van der Waals surface area contributed by atoms with E-state index < -0.39 is 24.6 Å². The Labute approximate surface area is 212 Å². The number of aliphatic hydroxyl groups excluding tert-OH is 1. The van der Waals surface area contributed by atoms with Crippen LogP contribution in [0.25, 0.3) is 6.08 Å². The second-order valence-corrected chi connectivity index (χ2v) is 9.48. The van der Waals surface area contributed by atoms with Crippen LogP contribution < -0.4 is 0 Å². The first-order chi connectivity index (χ1) is 17.3. The van der Waals surface area contributed by atoms with Crippen LogP contribution in [0.5, 0.6) is 0 Å². The quantitative estimate of drug-likeness (QED) is 0.316. The number of carbonyl (C=O) groups excluding carboxylic acids is 2. The van der Waals surface area contributed by atoms with E-state index in [4.69, 9.17) is 0 Å². The normalized spacial score (nSPS) is 14.9. The van der Waals surface area contributed by atoms with Crippen LogP contribution in [-0.4, -0.2) is 59.2 Å². The van der Waals surface area contributed by atoms with Crippen LogP contribution in [0, 0.1) is 6.92 Å². The fraction of sp³-hybridized carbons (Fsp3) is 0.320. The molecule has 0 atom stereocenters. The lowest BCUT2D eigenvalue weighted by atomic mass is 10.1. The number of aromatic carboxylic acids is 1. The molecule has 4 rings (SSSR count). The number of thiazole rings is 1. The van der Waals surface area contributed by atoms with Gasteiger partial charge in [0.2, 0.25) is 0 Å². The summed E-state index contributed by atoms with van der Waals surface area (Å²) in [5, 5.41) is 21.5. The topological polar surface area (TPSA) is 129 Å². The molecule has 1 fully saturated rings. The van der Waals surface area contributed by atoms with Crippen molar-refractivity contribution in [3.05, 3.63) is 74.9 Å². The van der Waals surface area contributed by atoms with Crippen molar-refractivity contribution < 1.29 is 24.6 Å². The Balaban J connectivity index is 1.72. The number of hydrogen-bond donors (Lipinski definition) is 2. The number of carboxylic acid groups (broad SMARTS) is 1. The van der Waals surface area contributed by atoms with Crippen molar-refractivity contribution in [1.29, 1.82) is 0 Å². The summed E-state index contributed by atoms with van der Waals surface area (Å²) in [5.74, 6) is -0.766. The van der Waals surface area contributed by atoms with Crippen molar-refractivity contribution >= 4 is 35.3 Å². The van der Waals surface area contributed by atoms with Crippen LogP contribution in [0.1, 0.15) is 57.9 Å². The number of amides is 3. The lowest BCUT2D eigenvalue weighted by Crippen LogP contribution is -2.33. The second kappa shape index (κ2) is 10.8. The highest BCUT2D eigenvalue weighted by atomic mass is 32.1. The van der Waals surface area contributed by atoms with Crippen LogP contribution in [0.4, 0.5) is 4.79 Å². The first-order valence-corrected chi connectivity index (χ1v) is 12.4. The molecule has 0 aliphatic carbocycles. The minimum absolute atomic E-state index is 0.102. The van der Waals surface area contributed by atoms with Gasteiger partial charge in [0.1, 0.15) is 18.3 Å². The molecule has 1 aliphatic rings. The maximum Gasteiger partial charge on any atom is 0.335 e. The Bertz CT molecular complexity index is 1310. The molecule has 0 unspecified atom stereocenters. The molecule has 36 heavy (non-hydrogen) atoms. The van der Waals surface area contributed by atoms with Gasteiger partial charge in [-0.05, 0) is 37.1 Å². The average Bonchev–Trinajstić information content (AvgIpc) is 3.51. The van der Waals surface area contributed by atoms with Crippen molar-refractivity contribution in [1.82, 2.24) is 24.3 Å². The van der Waals surface area contributed by atoms with Crippen LogP contribution >= 0.6 is 11.3 Å². The minimum atomic E-state index is -0.994. The summed E-state index contributed by atoms with van der Waals surface area (Å²) in [6.45, 7) is 3.74. The van der Waals surface area contributed by atoms with E-state index in [0.29, 0.717) is 17.9 Å². The van der Waals surface area contributed by atoms with Gasteiger partial charge < -0.3 is 14.8 Å². The molecule has 2 N–H and O–H groups in total. The number of unbranched alkanes of at least 4 members (excludes halogenated alkanes) is 1. The molecule has 2 aromatic heterocycles. The minimum Gasteiger partial charge on any atom is -0.478 e.